The summed E-state index contributed by atoms with van der Waals surface area (Å²) < 4.78 is 65.9. The summed E-state index contributed by atoms with van der Waals surface area (Å²) in [5.74, 6) is -0.252. The van der Waals surface area contributed by atoms with Crippen molar-refractivity contribution in [2.45, 2.75) is 24.4 Å². The molecule has 148 valence electrons. The maximum absolute atomic E-state index is 12.4. The van der Waals surface area contributed by atoms with Gasteiger partial charge in [0, 0.05) is 24.1 Å². The van der Waals surface area contributed by atoms with Crippen molar-refractivity contribution in [2.24, 2.45) is 0 Å². The lowest BCUT2D eigenvalue weighted by atomic mass is 9.86. The molecule has 0 aliphatic heterocycles. The van der Waals surface area contributed by atoms with E-state index >= 15 is 0 Å². The lowest BCUT2D eigenvalue weighted by molar-refractivity contribution is -0.741. The maximum Gasteiger partial charge on any atom is 0.485 e. The summed E-state index contributed by atoms with van der Waals surface area (Å²) in [5, 5.41) is 0. The molecular formula is C17H18F3NO5S. The predicted molar refractivity (Wildman–Crippen MR) is 88.2 cm³/mol. The van der Waals surface area contributed by atoms with Crippen molar-refractivity contribution in [1.29, 1.82) is 0 Å². The Hall–Kier alpha value is -2.46. The largest absolute Gasteiger partial charge is 0.741 e. The number of hydrogen-bond donors (Lipinski definition) is 0. The van der Waals surface area contributed by atoms with Crippen molar-refractivity contribution in [3.8, 4) is 0 Å². The van der Waals surface area contributed by atoms with Gasteiger partial charge in [0.15, 0.2) is 22.5 Å². The summed E-state index contributed by atoms with van der Waals surface area (Å²) in [5.41, 5.74) is -5.52. The fourth-order valence-electron chi connectivity index (χ4n) is 2.44. The summed E-state index contributed by atoms with van der Waals surface area (Å²) in [6, 6.07) is 15.5. The number of carbonyl (C=O) groups is 1. The normalized spacial score (nSPS) is 13.7. The first kappa shape index (κ1) is 22.6. The Labute approximate surface area is 155 Å². The molecule has 0 bridgehead atoms. The lowest BCUT2D eigenvalue weighted by Gasteiger charge is -2.24. The van der Waals surface area contributed by atoms with Crippen LogP contribution in [0.3, 0.4) is 0 Å². The highest BCUT2D eigenvalue weighted by molar-refractivity contribution is 7.86. The van der Waals surface area contributed by atoms with Gasteiger partial charge in [0.05, 0.1) is 7.11 Å². The van der Waals surface area contributed by atoms with Gasteiger partial charge >= 0.3 is 11.5 Å². The molecule has 0 aliphatic carbocycles. The zero-order chi connectivity index (χ0) is 20.7. The molecule has 0 amide bonds. The van der Waals surface area contributed by atoms with Gasteiger partial charge in [0.2, 0.25) is 0 Å². The van der Waals surface area contributed by atoms with Gasteiger partial charge in [-0.05, 0) is 0 Å². The fourth-order valence-corrected chi connectivity index (χ4v) is 2.44. The van der Waals surface area contributed by atoms with Crippen LogP contribution in [-0.4, -0.2) is 31.6 Å². The minimum atomic E-state index is -6.09. The number of aromatic nitrogens is 1. The molecule has 0 fully saturated rings. The Kier molecular flexibility index (Phi) is 7.49. The number of rotatable bonds is 4. The van der Waals surface area contributed by atoms with Gasteiger partial charge in [-0.2, -0.15) is 17.7 Å². The Morgan fingerprint density at radius 1 is 1.07 bits per heavy atom. The topological polar surface area (TPSA) is 87.4 Å². The molecule has 0 aliphatic rings. The minimum absolute atomic E-state index is 0.252. The molecule has 0 spiro atoms. The van der Waals surface area contributed by atoms with Gasteiger partial charge in [-0.25, -0.2) is 13.2 Å². The Balaban J connectivity index is 0.000000387. The minimum Gasteiger partial charge on any atom is -0.741 e. The third kappa shape index (κ3) is 5.27. The van der Waals surface area contributed by atoms with Crippen LogP contribution < -0.4 is 4.57 Å². The maximum atomic E-state index is 12.4. The van der Waals surface area contributed by atoms with E-state index in [2.05, 4.69) is 0 Å². The monoisotopic (exact) mass is 405 g/mol. The van der Waals surface area contributed by atoms with E-state index in [1.165, 1.54) is 7.11 Å². The predicted octanol–water partition coefficient (Wildman–Crippen LogP) is 2.35. The van der Waals surface area contributed by atoms with Crippen molar-refractivity contribution in [3.05, 3.63) is 66.5 Å². The van der Waals surface area contributed by atoms with Crippen LogP contribution in [0.25, 0.3) is 0 Å². The highest BCUT2D eigenvalue weighted by atomic mass is 32.2. The first-order valence-electron chi connectivity index (χ1n) is 7.63. The molecule has 2 rings (SSSR count). The SMILES string of the molecule is CCC(C(=O)OC)(c1ccccc1)[n+]1ccccc1.O=S(=O)([O-])C(F)(F)F. The zero-order valence-electron chi connectivity index (χ0n) is 14.5. The molecule has 1 aromatic heterocycles. The number of ether oxygens (including phenoxy) is 1. The summed E-state index contributed by atoms with van der Waals surface area (Å²) in [4.78, 5) is 12.4. The summed E-state index contributed by atoms with van der Waals surface area (Å²) >= 11 is 0. The van der Waals surface area contributed by atoms with Crippen LogP contribution in [0.5, 0.6) is 0 Å². The molecule has 10 heteroatoms. The van der Waals surface area contributed by atoms with Crippen LogP contribution in [0.1, 0.15) is 18.9 Å². The van der Waals surface area contributed by atoms with E-state index in [-0.39, 0.29) is 5.97 Å². The van der Waals surface area contributed by atoms with E-state index in [1.807, 2.05) is 72.4 Å². The number of pyridine rings is 1. The van der Waals surface area contributed by atoms with Crippen molar-refractivity contribution in [1.82, 2.24) is 0 Å². The van der Waals surface area contributed by atoms with Gasteiger partial charge in [-0.3, -0.25) is 0 Å². The van der Waals surface area contributed by atoms with Crippen LogP contribution in [0.2, 0.25) is 0 Å². The van der Waals surface area contributed by atoms with E-state index in [0.717, 1.165) is 5.56 Å². The van der Waals surface area contributed by atoms with Crippen molar-refractivity contribution < 1.29 is 40.2 Å². The smallest absolute Gasteiger partial charge is 0.485 e. The molecule has 2 aromatic rings. The molecule has 1 aromatic carbocycles. The van der Waals surface area contributed by atoms with Crippen LogP contribution in [0.15, 0.2) is 60.9 Å². The lowest BCUT2D eigenvalue weighted by Crippen LogP contribution is -2.61. The number of alkyl halides is 3. The molecular weight excluding hydrogens is 387 g/mol. The highest BCUT2D eigenvalue weighted by Crippen LogP contribution is 2.26. The van der Waals surface area contributed by atoms with Gasteiger partial charge in [-0.15, -0.1) is 0 Å². The van der Waals surface area contributed by atoms with Crippen molar-refractivity contribution >= 4 is 16.1 Å². The van der Waals surface area contributed by atoms with Crippen molar-refractivity contribution in [3.63, 3.8) is 0 Å². The van der Waals surface area contributed by atoms with Crippen LogP contribution >= 0.6 is 0 Å². The summed E-state index contributed by atoms with van der Waals surface area (Å²) in [6.45, 7) is 1.99. The molecule has 0 N–H and O–H groups in total. The van der Waals surface area contributed by atoms with Gasteiger partial charge < -0.3 is 9.29 Å². The first-order chi connectivity index (χ1) is 12.5. The average molecular weight is 405 g/mol. The van der Waals surface area contributed by atoms with E-state index < -0.39 is 21.2 Å². The second kappa shape index (κ2) is 8.96. The number of esters is 1. The van der Waals surface area contributed by atoms with E-state index in [4.69, 9.17) is 17.7 Å². The number of halogens is 3. The summed E-state index contributed by atoms with van der Waals surface area (Å²) in [6.07, 6.45) is 4.42. The van der Waals surface area contributed by atoms with E-state index in [9.17, 15) is 18.0 Å². The second-order valence-electron chi connectivity index (χ2n) is 5.25. The molecule has 1 unspecified atom stereocenters. The first-order valence-corrected chi connectivity index (χ1v) is 9.04. The number of methoxy groups -OCH3 is 1. The van der Waals surface area contributed by atoms with Gasteiger partial charge in [0.25, 0.3) is 5.54 Å². The molecule has 6 nitrogen and oxygen atoms in total. The Morgan fingerprint density at radius 2 is 1.52 bits per heavy atom. The Morgan fingerprint density at radius 3 is 1.89 bits per heavy atom. The zero-order valence-corrected chi connectivity index (χ0v) is 15.3. The summed E-state index contributed by atoms with van der Waals surface area (Å²) in [7, 11) is -4.66. The molecule has 1 atom stereocenters. The van der Waals surface area contributed by atoms with Crippen molar-refractivity contribution in [2.75, 3.05) is 7.11 Å². The van der Waals surface area contributed by atoms with E-state index in [0.29, 0.717) is 6.42 Å². The highest BCUT2D eigenvalue weighted by Gasteiger charge is 2.49. The number of benzene rings is 1. The van der Waals surface area contributed by atoms with Gasteiger partial charge in [0.1, 0.15) is 0 Å². The standard InChI is InChI=1S/C16H18NO2.CHF3O3S/c1-3-16(15(18)19-2,14-10-6-4-7-11-14)17-12-8-5-9-13-17;2-1(3,4)8(5,6)7/h4-13H,3H2,1-2H3;(H,5,6,7)/q+1;/p-1. The van der Waals surface area contributed by atoms with Crippen LogP contribution in [0, 0.1) is 0 Å². The Bertz CT molecular complexity index is 800. The molecule has 1 heterocycles. The third-order valence-corrected chi connectivity index (χ3v) is 4.29. The number of carbonyl (C=O) groups excluding carboxylic acids is 1. The molecule has 0 saturated heterocycles. The average Bonchev–Trinajstić information content (AvgIpc) is 2.63. The van der Waals surface area contributed by atoms with E-state index in [1.54, 1.807) is 0 Å². The molecule has 0 radical (unpaired) electrons. The fraction of sp³-hybridized carbons (Fsp3) is 0.294. The molecule has 0 saturated carbocycles. The quantitative estimate of drug-likeness (QED) is 0.337. The number of hydrogen-bond acceptors (Lipinski definition) is 5. The second-order valence-corrected chi connectivity index (χ2v) is 6.63. The molecule has 27 heavy (non-hydrogen) atoms. The van der Waals surface area contributed by atoms with Crippen LogP contribution in [-0.2, 0) is 25.2 Å². The third-order valence-electron chi connectivity index (χ3n) is 3.73. The van der Waals surface area contributed by atoms with Crippen LogP contribution in [0.4, 0.5) is 13.2 Å². The number of nitrogens with zero attached hydrogens (tertiary/aromatic N) is 1. The van der Waals surface area contributed by atoms with Gasteiger partial charge in [-0.1, -0.05) is 43.3 Å².